The fraction of sp³-hybridized carbons (Fsp3) is 0.500. The van der Waals surface area contributed by atoms with Crippen LogP contribution in [-0.4, -0.2) is 19.8 Å². The van der Waals surface area contributed by atoms with E-state index < -0.39 is 0 Å². The molecule has 2 atom stereocenters. The molecule has 0 fully saturated rings. The lowest BCUT2D eigenvalue weighted by atomic mass is 10.1. The van der Waals surface area contributed by atoms with Gasteiger partial charge in [-0.1, -0.05) is 6.07 Å². The van der Waals surface area contributed by atoms with Gasteiger partial charge in [-0.05, 0) is 19.9 Å². The Morgan fingerprint density at radius 3 is 2.56 bits per heavy atom. The molecule has 4 heteroatoms. The smallest absolute Gasteiger partial charge is 0.131 e. The van der Waals surface area contributed by atoms with Gasteiger partial charge in [0.25, 0.3) is 0 Å². The van der Waals surface area contributed by atoms with E-state index in [9.17, 15) is 4.39 Å². The third-order valence-corrected chi connectivity index (χ3v) is 2.20. The molecule has 0 aliphatic carbocycles. The Kier molecular flexibility index (Phi) is 4.71. The molecule has 0 aliphatic rings. The zero-order chi connectivity index (χ0) is 12.1. The maximum atomic E-state index is 13.5. The fourth-order valence-corrected chi connectivity index (χ4v) is 1.45. The predicted octanol–water partition coefficient (Wildman–Crippen LogP) is 2.26. The van der Waals surface area contributed by atoms with Crippen molar-refractivity contribution in [3.63, 3.8) is 0 Å². The first kappa shape index (κ1) is 12.9. The average molecular weight is 227 g/mol. The molecule has 2 N–H and O–H groups in total. The minimum absolute atomic E-state index is 0.106. The molecule has 1 aromatic rings. The van der Waals surface area contributed by atoms with Crippen LogP contribution in [0.5, 0.6) is 5.75 Å². The van der Waals surface area contributed by atoms with Gasteiger partial charge in [0.1, 0.15) is 17.7 Å². The summed E-state index contributed by atoms with van der Waals surface area (Å²) in [6.45, 7) is 4.07. The molecule has 0 aliphatic heterocycles. The summed E-state index contributed by atoms with van der Waals surface area (Å²) in [6, 6.07) is 4.40. The average Bonchev–Trinajstić information content (AvgIpc) is 2.17. The van der Waals surface area contributed by atoms with E-state index in [1.807, 2.05) is 6.92 Å². The first-order chi connectivity index (χ1) is 7.54. The Morgan fingerprint density at radius 1 is 1.38 bits per heavy atom. The van der Waals surface area contributed by atoms with Crippen LogP contribution in [0.2, 0.25) is 0 Å². The fourth-order valence-electron chi connectivity index (χ4n) is 1.45. The molecule has 0 spiro atoms. The minimum Gasteiger partial charge on any atom is -0.488 e. The van der Waals surface area contributed by atoms with Gasteiger partial charge in [-0.3, -0.25) is 0 Å². The van der Waals surface area contributed by atoms with E-state index in [4.69, 9.17) is 15.2 Å². The molecule has 90 valence electrons. The van der Waals surface area contributed by atoms with Crippen molar-refractivity contribution < 1.29 is 13.9 Å². The first-order valence-electron chi connectivity index (χ1n) is 5.25. The van der Waals surface area contributed by atoms with Crippen molar-refractivity contribution in [3.8, 4) is 5.75 Å². The number of benzene rings is 1. The van der Waals surface area contributed by atoms with Gasteiger partial charge in [-0.15, -0.1) is 0 Å². The molecule has 0 amide bonds. The minimum atomic E-state index is -0.336. The summed E-state index contributed by atoms with van der Waals surface area (Å²) in [5.74, 6) is 0.156. The molecule has 0 saturated heterocycles. The number of halogens is 1. The Hall–Kier alpha value is -1.13. The lowest BCUT2D eigenvalue weighted by Crippen LogP contribution is -2.18. The van der Waals surface area contributed by atoms with Crippen LogP contribution >= 0.6 is 0 Å². The molecule has 0 aromatic heterocycles. The van der Waals surface area contributed by atoms with Crippen LogP contribution in [-0.2, 0) is 4.74 Å². The van der Waals surface area contributed by atoms with Crippen LogP contribution in [0.3, 0.4) is 0 Å². The topological polar surface area (TPSA) is 44.5 Å². The van der Waals surface area contributed by atoms with Crippen molar-refractivity contribution in [2.45, 2.75) is 26.0 Å². The summed E-state index contributed by atoms with van der Waals surface area (Å²) in [5, 5.41) is 0. The van der Waals surface area contributed by atoms with Gasteiger partial charge < -0.3 is 15.2 Å². The van der Waals surface area contributed by atoms with E-state index >= 15 is 0 Å². The normalized spacial score (nSPS) is 14.6. The predicted molar refractivity (Wildman–Crippen MR) is 61.0 cm³/mol. The number of nitrogens with two attached hydrogens (primary N) is 1. The summed E-state index contributed by atoms with van der Waals surface area (Å²) in [5.41, 5.74) is 6.11. The lowest BCUT2D eigenvalue weighted by molar-refractivity contribution is 0.0918. The highest BCUT2D eigenvalue weighted by atomic mass is 19.1. The number of methoxy groups -OCH3 is 1. The van der Waals surface area contributed by atoms with Crippen LogP contribution in [0.25, 0.3) is 0 Å². The quantitative estimate of drug-likeness (QED) is 0.839. The van der Waals surface area contributed by atoms with Crippen LogP contribution < -0.4 is 10.5 Å². The summed E-state index contributed by atoms with van der Waals surface area (Å²) >= 11 is 0. The highest BCUT2D eigenvalue weighted by Gasteiger charge is 2.09. The third kappa shape index (κ3) is 3.47. The van der Waals surface area contributed by atoms with E-state index in [0.29, 0.717) is 17.9 Å². The van der Waals surface area contributed by atoms with Crippen molar-refractivity contribution in [1.82, 2.24) is 0 Å². The first-order valence-corrected chi connectivity index (χ1v) is 5.25. The van der Waals surface area contributed by atoms with E-state index in [2.05, 4.69) is 0 Å². The highest BCUT2D eigenvalue weighted by molar-refractivity contribution is 5.30. The third-order valence-electron chi connectivity index (χ3n) is 2.20. The summed E-state index contributed by atoms with van der Waals surface area (Å²) in [4.78, 5) is 0. The van der Waals surface area contributed by atoms with E-state index in [0.717, 1.165) is 0 Å². The monoisotopic (exact) mass is 227 g/mol. The largest absolute Gasteiger partial charge is 0.488 e. The zero-order valence-electron chi connectivity index (χ0n) is 9.87. The van der Waals surface area contributed by atoms with Crippen molar-refractivity contribution in [3.05, 3.63) is 29.6 Å². The molecule has 16 heavy (non-hydrogen) atoms. The molecule has 1 aromatic carbocycles. The van der Waals surface area contributed by atoms with Gasteiger partial charge in [0.15, 0.2) is 0 Å². The molecule has 0 bridgehead atoms. The van der Waals surface area contributed by atoms with Crippen molar-refractivity contribution >= 4 is 0 Å². The van der Waals surface area contributed by atoms with Gasteiger partial charge in [0, 0.05) is 24.8 Å². The number of ether oxygens (including phenoxy) is 2. The van der Waals surface area contributed by atoms with Gasteiger partial charge in [-0.25, -0.2) is 4.39 Å². The Bertz CT molecular complexity index is 342. The van der Waals surface area contributed by atoms with Crippen LogP contribution in [0, 0.1) is 5.82 Å². The SMILES string of the molecule is COCC(C)Oc1ccc([C@H](C)N)c(F)c1. The Labute approximate surface area is 95.4 Å². The van der Waals surface area contributed by atoms with Crippen LogP contribution in [0.15, 0.2) is 18.2 Å². The maximum absolute atomic E-state index is 13.5. The van der Waals surface area contributed by atoms with Gasteiger partial charge >= 0.3 is 0 Å². The van der Waals surface area contributed by atoms with Crippen molar-refractivity contribution in [2.75, 3.05) is 13.7 Å². The van der Waals surface area contributed by atoms with Crippen LogP contribution in [0.4, 0.5) is 4.39 Å². The number of rotatable bonds is 5. The van der Waals surface area contributed by atoms with Gasteiger partial charge in [0.2, 0.25) is 0 Å². The number of hydrogen-bond acceptors (Lipinski definition) is 3. The molecule has 1 rings (SSSR count). The standard InChI is InChI=1S/C12H18FNO2/c1-8(7-15-3)16-10-4-5-11(9(2)14)12(13)6-10/h4-6,8-9H,7,14H2,1-3H3/t8?,9-/m0/s1. The van der Waals surface area contributed by atoms with Crippen LogP contribution in [0.1, 0.15) is 25.5 Å². The van der Waals surface area contributed by atoms with E-state index in [1.165, 1.54) is 6.07 Å². The molecular weight excluding hydrogens is 209 g/mol. The molecular formula is C12H18FNO2. The lowest BCUT2D eigenvalue weighted by Gasteiger charge is -2.15. The second-order valence-corrected chi connectivity index (χ2v) is 3.86. The van der Waals surface area contributed by atoms with Gasteiger partial charge in [0.05, 0.1) is 6.61 Å². The molecule has 1 unspecified atom stereocenters. The van der Waals surface area contributed by atoms with Crippen molar-refractivity contribution in [2.24, 2.45) is 5.73 Å². The van der Waals surface area contributed by atoms with Gasteiger partial charge in [-0.2, -0.15) is 0 Å². The second kappa shape index (κ2) is 5.82. The summed E-state index contributed by atoms with van der Waals surface area (Å²) in [7, 11) is 1.60. The molecule has 0 saturated carbocycles. The van der Waals surface area contributed by atoms with E-state index in [1.54, 1.807) is 26.2 Å². The highest BCUT2D eigenvalue weighted by Crippen LogP contribution is 2.21. The number of hydrogen-bond donors (Lipinski definition) is 1. The summed E-state index contributed by atoms with van der Waals surface area (Å²) in [6.07, 6.45) is -0.106. The zero-order valence-corrected chi connectivity index (χ0v) is 9.87. The molecule has 0 heterocycles. The maximum Gasteiger partial charge on any atom is 0.131 e. The van der Waals surface area contributed by atoms with Crippen molar-refractivity contribution in [1.29, 1.82) is 0 Å². The summed E-state index contributed by atoms with van der Waals surface area (Å²) < 4.78 is 23.9. The second-order valence-electron chi connectivity index (χ2n) is 3.86. The van der Waals surface area contributed by atoms with E-state index in [-0.39, 0.29) is 18.0 Å². The molecule has 3 nitrogen and oxygen atoms in total. The molecule has 0 radical (unpaired) electrons. The Morgan fingerprint density at radius 2 is 2.06 bits per heavy atom. The Balaban J connectivity index is 2.73.